The minimum atomic E-state index is -1.08. The topological polar surface area (TPSA) is 106 Å². The van der Waals surface area contributed by atoms with E-state index in [1.54, 1.807) is 26.0 Å². The largest absolute Gasteiger partial charge is 0.481 e. The predicted molar refractivity (Wildman–Crippen MR) is 110 cm³/mol. The third-order valence-electron chi connectivity index (χ3n) is 5.06. The van der Waals surface area contributed by atoms with Crippen LogP contribution in [0.5, 0.6) is 5.75 Å². The lowest BCUT2D eigenvalue weighted by molar-refractivity contribution is -0.144. The molecule has 0 bridgehead atoms. The molecule has 0 spiro atoms. The van der Waals surface area contributed by atoms with Gasteiger partial charge in [0.2, 0.25) is 0 Å². The molecule has 1 amide bonds. The summed E-state index contributed by atoms with van der Waals surface area (Å²) in [7, 11) is 0. The summed E-state index contributed by atoms with van der Waals surface area (Å²) in [4.78, 5) is 35.7. The molecule has 7 nitrogen and oxygen atoms in total. The zero-order valence-electron chi connectivity index (χ0n) is 17.4. The molecule has 0 fully saturated rings. The number of rotatable bonds is 10. The van der Waals surface area contributed by atoms with Crippen LogP contribution in [-0.4, -0.2) is 29.1 Å². The Labute approximate surface area is 170 Å². The Kier molecular flexibility index (Phi) is 7.82. The maximum atomic E-state index is 12.4. The van der Waals surface area contributed by atoms with Gasteiger partial charge in [0, 0.05) is 17.5 Å². The van der Waals surface area contributed by atoms with Gasteiger partial charge in [0.05, 0.1) is 0 Å². The Morgan fingerprint density at radius 3 is 2.55 bits per heavy atom. The summed E-state index contributed by atoms with van der Waals surface area (Å²) in [5.41, 5.74) is 0.898. The molecule has 2 rings (SSSR count). The van der Waals surface area contributed by atoms with Crippen molar-refractivity contribution in [3.63, 3.8) is 0 Å². The summed E-state index contributed by atoms with van der Waals surface area (Å²) >= 11 is 0. The summed E-state index contributed by atoms with van der Waals surface area (Å²) in [5.74, 6) is -1.44. The van der Waals surface area contributed by atoms with Crippen LogP contribution < -0.4 is 15.7 Å². The van der Waals surface area contributed by atoms with E-state index in [1.165, 1.54) is 6.07 Å². The number of aryl methyl sites for hydroxylation is 1. The Hall–Kier alpha value is -2.83. The standard InChI is InChI=1S/C22H29NO6/c1-5-7-8-15-11-19(24)29-18-12-16(9-10-17(15)18)28-14(4)21(25)23-20(22(26)27)13(3)6-2/h9-14,20H,5-8H2,1-4H3,(H,23,25)(H,26,27)/t13-,14-,20-/m1/s1. The fourth-order valence-corrected chi connectivity index (χ4v) is 3.07. The van der Waals surface area contributed by atoms with Crippen molar-refractivity contribution in [2.24, 2.45) is 5.92 Å². The van der Waals surface area contributed by atoms with Gasteiger partial charge in [-0.05, 0) is 43.4 Å². The first-order valence-electron chi connectivity index (χ1n) is 10.0. The number of hydrogen-bond acceptors (Lipinski definition) is 5. The number of amides is 1. The molecule has 158 valence electrons. The van der Waals surface area contributed by atoms with Gasteiger partial charge in [0.15, 0.2) is 6.10 Å². The van der Waals surface area contributed by atoms with Crippen molar-refractivity contribution in [2.45, 2.75) is 65.5 Å². The molecule has 7 heteroatoms. The van der Waals surface area contributed by atoms with Crippen molar-refractivity contribution >= 4 is 22.8 Å². The molecule has 3 atom stereocenters. The quantitative estimate of drug-likeness (QED) is 0.588. The third-order valence-corrected chi connectivity index (χ3v) is 5.06. The molecule has 1 aromatic carbocycles. The van der Waals surface area contributed by atoms with Crippen LogP contribution >= 0.6 is 0 Å². The highest BCUT2D eigenvalue weighted by atomic mass is 16.5. The highest BCUT2D eigenvalue weighted by Crippen LogP contribution is 2.24. The third kappa shape index (κ3) is 5.82. The van der Waals surface area contributed by atoms with E-state index in [0.29, 0.717) is 17.8 Å². The number of fused-ring (bicyclic) bond motifs is 1. The van der Waals surface area contributed by atoms with Crippen LogP contribution in [0.15, 0.2) is 33.5 Å². The van der Waals surface area contributed by atoms with Crippen LogP contribution in [0.4, 0.5) is 0 Å². The average Bonchev–Trinajstić information content (AvgIpc) is 2.68. The molecule has 2 aromatic rings. The minimum absolute atomic E-state index is 0.208. The highest BCUT2D eigenvalue weighted by molar-refractivity contribution is 5.86. The molecule has 0 saturated heterocycles. The average molecular weight is 403 g/mol. The van der Waals surface area contributed by atoms with Gasteiger partial charge in [0.1, 0.15) is 17.4 Å². The number of nitrogens with one attached hydrogen (secondary N) is 1. The first-order valence-corrected chi connectivity index (χ1v) is 10.0. The number of ether oxygens (including phenoxy) is 1. The molecule has 1 heterocycles. The molecule has 0 radical (unpaired) electrons. The van der Waals surface area contributed by atoms with Crippen LogP contribution in [0, 0.1) is 5.92 Å². The Morgan fingerprint density at radius 2 is 1.93 bits per heavy atom. The zero-order valence-corrected chi connectivity index (χ0v) is 17.4. The van der Waals surface area contributed by atoms with Crippen molar-refractivity contribution in [3.8, 4) is 5.75 Å². The fraction of sp³-hybridized carbons (Fsp3) is 0.500. The van der Waals surface area contributed by atoms with Gasteiger partial charge in [0.25, 0.3) is 5.91 Å². The van der Waals surface area contributed by atoms with Crippen molar-refractivity contribution in [3.05, 3.63) is 40.2 Å². The summed E-state index contributed by atoms with van der Waals surface area (Å²) in [6.07, 6.45) is 2.48. The minimum Gasteiger partial charge on any atom is -0.481 e. The Balaban J connectivity index is 2.17. The van der Waals surface area contributed by atoms with E-state index < -0.39 is 29.6 Å². The molecule has 29 heavy (non-hydrogen) atoms. The van der Waals surface area contributed by atoms with Gasteiger partial charge in [-0.15, -0.1) is 0 Å². The summed E-state index contributed by atoms with van der Waals surface area (Å²) in [6, 6.07) is 5.64. The van der Waals surface area contributed by atoms with Crippen molar-refractivity contribution in [2.75, 3.05) is 0 Å². The summed E-state index contributed by atoms with van der Waals surface area (Å²) < 4.78 is 11.0. The van der Waals surface area contributed by atoms with Crippen LogP contribution in [0.3, 0.4) is 0 Å². The lowest BCUT2D eigenvalue weighted by Crippen LogP contribution is -2.49. The Morgan fingerprint density at radius 1 is 1.21 bits per heavy atom. The molecule has 2 N–H and O–H groups in total. The van der Waals surface area contributed by atoms with Gasteiger partial charge >= 0.3 is 11.6 Å². The van der Waals surface area contributed by atoms with Gasteiger partial charge in [-0.3, -0.25) is 4.79 Å². The number of benzene rings is 1. The predicted octanol–water partition coefficient (Wildman–Crippen LogP) is 3.52. The van der Waals surface area contributed by atoms with Gasteiger partial charge in [-0.1, -0.05) is 33.6 Å². The summed E-state index contributed by atoms with van der Waals surface area (Å²) in [5, 5.41) is 12.7. The molecule has 0 unspecified atom stereocenters. The maximum absolute atomic E-state index is 12.4. The van der Waals surface area contributed by atoms with Crippen LogP contribution in [0.25, 0.3) is 11.0 Å². The SMILES string of the molecule is CCCCc1cc(=O)oc2cc(O[C@H](C)C(=O)N[C@@H](C(=O)O)[C@H](C)CC)ccc12. The van der Waals surface area contributed by atoms with E-state index >= 15 is 0 Å². The lowest BCUT2D eigenvalue weighted by Gasteiger charge is -2.22. The second kappa shape index (κ2) is 10.1. The number of hydrogen-bond donors (Lipinski definition) is 2. The molecule has 0 aliphatic rings. The number of carboxylic acid groups (broad SMARTS) is 1. The molecule has 0 aliphatic heterocycles. The van der Waals surface area contributed by atoms with Crippen LogP contribution in [0.1, 0.15) is 52.5 Å². The number of aliphatic carboxylic acids is 1. The number of carboxylic acids is 1. The van der Waals surface area contributed by atoms with Crippen molar-refractivity contribution in [1.29, 1.82) is 0 Å². The van der Waals surface area contributed by atoms with E-state index in [1.807, 2.05) is 13.0 Å². The molecule has 0 aliphatic carbocycles. The van der Waals surface area contributed by atoms with Crippen molar-refractivity contribution in [1.82, 2.24) is 5.32 Å². The van der Waals surface area contributed by atoms with E-state index in [0.717, 1.165) is 30.2 Å². The van der Waals surface area contributed by atoms with E-state index in [9.17, 15) is 19.5 Å². The fourth-order valence-electron chi connectivity index (χ4n) is 3.07. The first-order chi connectivity index (χ1) is 13.8. The normalized spacial score (nSPS) is 14.2. The Bertz CT molecular complexity index is 919. The molecular formula is C22H29NO6. The van der Waals surface area contributed by atoms with E-state index in [-0.39, 0.29) is 5.92 Å². The number of unbranched alkanes of at least 4 members (excludes halogenated alkanes) is 1. The van der Waals surface area contributed by atoms with E-state index in [2.05, 4.69) is 12.2 Å². The molecule has 0 saturated carbocycles. The molecule has 1 aromatic heterocycles. The smallest absolute Gasteiger partial charge is 0.336 e. The second-order valence-corrected chi connectivity index (χ2v) is 7.32. The van der Waals surface area contributed by atoms with Gasteiger partial charge < -0.3 is 19.6 Å². The van der Waals surface area contributed by atoms with E-state index in [4.69, 9.17) is 9.15 Å². The lowest BCUT2D eigenvalue weighted by atomic mass is 9.99. The molecular weight excluding hydrogens is 374 g/mol. The van der Waals surface area contributed by atoms with Gasteiger partial charge in [-0.2, -0.15) is 0 Å². The summed E-state index contributed by atoms with van der Waals surface area (Å²) in [6.45, 7) is 7.27. The number of carbonyl (C=O) groups excluding carboxylic acids is 1. The monoisotopic (exact) mass is 403 g/mol. The van der Waals surface area contributed by atoms with Crippen LogP contribution in [0.2, 0.25) is 0 Å². The second-order valence-electron chi connectivity index (χ2n) is 7.32. The van der Waals surface area contributed by atoms with Crippen molar-refractivity contribution < 1.29 is 23.8 Å². The number of carbonyl (C=O) groups is 2. The zero-order chi connectivity index (χ0) is 21.6. The van der Waals surface area contributed by atoms with Crippen LogP contribution in [-0.2, 0) is 16.0 Å². The first kappa shape index (κ1) is 22.5. The van der Waals surface area contributed by atoms with Gasteiger partial charge in [-0.25, -0.2) is 9.59 Å². The maximum Gasteiger partial charge on any atom is 0.336 e. The highest BCUT2D eigenvalue weighted by Gasteiger charge is 2.28.